The minimum Gasteiger partial charge on any atom is -0.378 e. The highest BCUT2D eigenvalue weighted by atomic mass is 16.5. The average molecular weight is 272 g/mol. The number of aromatic amines is 1. The van der Waals surface area contributed by atoms with E-state index in [1.807, 2.05) is 30.3 Å². The molecule has 0 saturated carbocycles. The van der Waals surface area contributed by atoms with Crippen LogP contribution in [0.3, 0.4) is 0 Å². The van der Waals surface area contributed by atoms with Crippen LogP contribution in [0, 0.1) is 0 Å². The lowest BCUT2D eigenvalue weighted by molar-refractivity contribution is 0.104. The Morgan fingerprint density at radius 1 is 1.35 bits per heavy atom. The average Bonchev–Trinajstić information content (AvgIpc) is 2.97. The number of nitrogens with one attached hydrogen (secondary N) is 2. The van der Waals surface area contributed by atoms with Crippen molar-refractivity contribution in [3.05, 3.63) is 46.2 Å². The molecular weight excluding hydrogens is 252 g/mol. The number of hydrogen-bond acceptors (Lipinski definition) is 3. The fraction of sp³-hybridized carbons (Fsp3) is 0.438. The van der Waals surface area contributed by atoms with Crippen molar-refractivity contribution in [2.45, 2.75) is 31.9 Å². The van der Waals surface area contributed by atoms with Crippen LogP contribution in [0.4, 0.5) is 0 Å². The Morgan fingerprint density at radius 2 is 2.25 bits per heavy atom. The van der Waals surface area contributed by atoms with E-state index in [-0.39, 0.29) is 5.56 Å². The van der Waals surface area contributed by atoms with Crippen molar-refractivity contribution in [3.8, 4) is 0 Å². The number of para-hydroxylation sites is 1. The third kappa shape index (κ3) is 3.08. The van der Waals surface area contributed by atoms with Gasteiger partial charge in [0.15, 0.2) is 0 Å². The molecule has 106 valence electrons. The second kappa shape index (κ2) is 6.20. The van der Waals surface area contributed by atoms with Gasteiger partial charge in [0.25, 0.3) is 5.56 Å². The molecule has 0 unspecified atom stereocenters. The predicted molar refractivity (Wildman–Crippen MR) is 79.9 cm³/mol. The van der Waals surface area contributed by atoms with E-state index in [9.17, 15) is 4.79 Å². The van der Waals surface area contributed by atoms with Gasteiger partial charge in [-0.2, -0.15) is 0 Å². The van der Waals surface area contributed by atoms with Crippen LogP contribution in [0.25, 0.3) is 10.9 Å². The summed E-state index contributed by atoms with van der Waals surface area (Å²) in [4.78, 5) is 14.9. The van der Waals surface area contributed by atoms with Crippen molar-refractivity contribution in [1.29, 1.82) is 0 Å². The van der Waals surface area contributed by atoms with Crippen LogP contribution in [-0.4, -0.2) is 24.2 Å². The van der Waals surface area contributed by atoms with Crippen LogP contribution in [0.2, 0.25) is 0 Å². The molecular formula is C16H20N2O2. The monoisotopic (exact) mass is 272 g/mol. The zero-order valence-electron chi connectivity index (χ0n) is 11.5. The highest BCUT2D eigenvalue weighted by Gasteiger charge is 2.14. The van der Waals surface area contributed by atoms with Gasteiger partial charge in [-0.1, -0.05) is 18.2 Å². The molecule has 4 heteroatoms. The molecule has 20 heavy (non-hydrogen) atoms. The van der Waals surface area contributed by atoms with Crippen LogP contribution in [0.15, 0.2) is 35.1 Å². The van der Waals surface area contributed by atoms with E-state index in [1.165, 1.54) is 6.42 Å². The Hall–Kier alpha value is -1.65. The molecule has 0 aliphatic carbocycles. The Labute approximate surface area is 118 Å². The maximum Gasteiger partial charge on any atom is 0.252 e. The smallest absolute Gasteiger partial charge is 0.252 e. The van der Waals surface area contributed by atoms with Crippen LogP contribution in [0.1, 0.15) is 24.8 Å². The standard InChI is InChI=1S/C16H20N2O2/c19-16-13(10-12-4-1-2-6-15(12)18-16)11-17-8-7-14-5-3-9-20-14/h1-2,4,6,10,14,17H,3,5,7-9,11H2,(H,18,19)/t14-/m1/s1. The molecule has 1 aliphatic heterocycles. The number of benzene rings is 1. The summed E-state index contributed by atoms with van der Waals surface area (Å²) in [5.74, 6) is 0. The van der Waals surface area contributed by atoms with Gasteiger partial charge in [-0.05, 0) is 43.3 Å². The molecule has 1 saturated heterocycles. The first kappa shape index (κ1) is 13.3. The van der Waals surface area contributed by atoms with Gasteiger partial charge >= 0.3 is 0 Å². The first-order chi connectivity index (χ1) is 9.83. The normalized spacial score (nSPS) is 18.7. The molecule has 4 nitrogen and oxygen atoms in total. The van der Waals surface area contributed by atoms with Crippen molar-refractivity contribution in [2.24, 2.45) is 0 Å². The molecule has 2 heterocycles. The lowest BCUT2D eigenvalue weighted by atomic mass is 10.1. The minimum atomic E-state index is -0.00619. The molecule has 0 amide bonds. The molecule has 2 N–H and O–H groups in total. The molecule has 0 bridgehead atoms. The van der Waals surface area contributed by atoms with Gasteiger partial charge in [0.05, 0.1) is 6.10 Å². The summed E-state index contributed by atoms with van der Waals surface area (Å²) in [7, 11) is 0. The SMILES string of the molecule is O=c1[nH]c2ccccc2cc1CNCC[C@H]1CCCO1. The summed E-state index contributed by atoms with van der Waals surface area (Å²) >= 11 is 0. The number of ether oxygens (including phenoxy) is 1. The fourth-order valence-corrected chi connectivity index (χ4v) is 2.68. The summed E-state index contributed by atoms with van der Waals surface area (Å²) in [5, 5.41) is 4.41. The zero-order valence-corrected chi connectivity index (χ0v) is 11.5. The van der Waals surface area contributed by atoms with Crippen molar-refractivity contribution in [1.82, 2.24) is 10.3 Å². The van der Waals surface area contributed by atoms with E-state index in [0.717, 1.165) is 42.5 Å². The lowest BCUT2D eigenvalue weighted by Crippen LogP contribution is -2.24. The van der Waals surface area contributed by atoms with Crippen LogP contribution < -0.4 is 10.9 Å². The van der Waals surface area contributed by atoms with Crippen molar-refractivity contribution < 1.29 is 4.74 Å². The summed E-state index contributed by atoms with van der Waals surface area (Å²) in [6.45, 7) is 2.39. The van der Waals surface area contributed by atoms with Gasteiger partial charge in [-0.15, -0.1) is 0 Å². The first-order valence-corrected chi connectivity index (χ1v) is 7.26. The Balaban J connectivity index is 1.59. The van der Waals surface area contributed by atoms with Gasteiger partial charge in [0, 0.05) is 24.2 Å². The number of rotatable bonds is 5. The van der Waals surface area contributed by atoms with E-state index < -0.39 is 0 Å². The molecule has 1 fully saturated rings. The number of H-pyrrole nitrogens is 1. The summed E-state index contributed by atoms with van der Waals surface area (Å²) in [6.07, 6.45) is 3.76. The van der Waals surface area contributed by atoms with Gasteiger partial charge in [-0.3, -0.25) is 4.79 Å². The molecule has 1 aromatic heterocycles. The molecule has 1 aliphatic rings. The van der Waals surface area contributed by atoms with Gasteiger partial charge in [-0.25, -0.2) is 0 Å². The molecule has 1 atom stereocenters. The largest absolute Gasteiger partial charge is 0.378 e. The van der Waals surface area contributed by atoms with E-state index >= 15 is 0 Å². The first-order valence-electron chi connectivity index (χ1n) is 7.26. The maximum atomic E-state index is 12.0. The van der Waals surface area contributed by atoms with Crippen molar-refractivity contribution in [3.63, 3.8) is 0 Å². The van der Waals surface area contributed by atoms with Crippen molar-refractivity contribution in [2.75, 3.05) is 13.2 Å². The minimum absolute atomic E-state index is 0.00619. The van der Waals surface area contributed by atoms with E-state index in [1.54, 1.807) is 0 Å². The zero-order chi connectivity index (χ0) is 13.8. The lowest BCUT2D eigenvalue weighted by Gasteiger charge is -2.10. The second-order valence-corrected chi connectivity index (χ2v) is 5.31. The fourth-order valence-electron chi connectivity index (χ4n) is 2.68. The summed E-state index contributed by atoms with van der Waals surface area (Å²) < 4.78 is 5.58. The van der Waals surface area contributed by atoms with E-state index in [4.69, 9.17) is 4.74 Å². The molecule has 0 radical (unpaired) electrons. The molecule has 1 aromatic carbocycles. The van der Waals surface area contributed by atoms with Crippen LogP contribution >= 0.6 is 0 Å². The Bertz CT molecular complexity index is 630. The highest BCUT2D eigenvalue weighted by molar-refractivity contribution is 5.78. The Morgan fingerprint density at radius 3 is 3.10 bits per heavy atom. The third-order valence-electron chi connectivity index (χ3n) is 3.81. The van der Waals surface area contributed by atoms with Crippen molar-refractivity contribution >= 4 is 10.9 Å². The number of fused-ring (bicyclic) bond motifs is 1. The van der Waals surface area contributed by atoms with Gasteiger partial charge < -0.3 is 15.0 Å². The maximum absolute atomic E-state index is 12.0. The predicted octanol–water partition coefficient (Wildman–Crippen LogP) is 2.19. The van der Waals surface area contributed by atoms with Crippen LogP contribution in [-0.2, 0) is 11.3 Å². The molecule has 0 spiro atoms. The summed E-state index contributed by atoms with van der Waals surface area (Å²) in [5.41, 5.74) is 1.67. The number of pyridine rings is 1. The van der Waals surface area contributed by atoms with Crippen LogP contribution in [0.5, 0.6) is 0 Å². The molecule has 3 rings (SSSR count). The highest BCUT2D eigenvalue weighted by Crippen LogP contribution is 2.14. The molecule has 2 aromatic rings. The Kier molecular flexibility index (Phi) is 4.14. The van der Waals surface area contributed by atoms with Gasteiger partial charge in [0.1, 0.15) is 0 Å². The van der Waals surface area contributed by atoms with Gasteiger partial charge in [0.2, 0.25) is 0 Å². The second-order valence-electron chi connectivity index (χ2n) is 5.31. The number of hydrogen-bond donors (Lipinski definition) is 2. The third-order valence-corrected chi connectivity index (χ3v) is 3.81. The summed E-state index contributed by atoms with van der Waals surface area (Å²) in [6, 6.07) is 9.81. The van der Waals surface area contributed by atoms with E-state index in [0.29, 0.717) is 12.6 Å². The topological polar surface area (TPSA) is 54.1 Å². The number of aromatic nitrogens is 1. The van der Waals surface area contributed by atoms with E-state index in [2.05, 4.69) is 10.3 Å². The quantitative estimate of drug-likeness (QED) is 0.820.